The molecule has 1 aromatic heterocycles. The van der Waals surface area contributed by atoms with Gasteiger partial charge >= 0.3 is 0 Å². The Kier molecular flexibility index (Phi) is 5.16. The van der Waals surface area contributed by atoms with Crippen molar-refractivity contribution >= 4 is 5.91 Å². The summed E-state index contributed by atoms with van der Waals surface area (Å²) >= 11 is 0. The highest BCUT2D eigenvalue weighted by Crippen LogP contribution is 2.36. The van der Waals surface area contributed by atoms with Crippen molar-refractivity contribution < 1.29 is 14.3 Å². The maximum Gasteiger partial charge on any atom is 0.224 e. The first kappa shape index (κ1) is 17.2. The van der Waals surface area contributed by atoms with E-state index < -0.39 is 0 Å². The predicted octanol–water partition coefficient (Wildman–Crippen LogP) is 1.40. The average molecular weight is 345 g/mol. The van der Waals surface area contributed by atoms with Crippen LogP contribution in [-0.4, -0.2) is 58.3 Å². The SMILES string of the molecule is COc1ccc(OC)c(C2CCN(C(=O)CCn3nnnc3C)C2)c1. The third-order valence-electron chi connectivity index (χ3n) is 4.67. The molecule has 2 heterocycles. The first-order valence-electron chi connectivity index (χ1n) is 8.35. The second-order valence-electron chi connectivity index (χ2n) is 6.13. The van der Waals surface area contributed by atoms with Crippen LogP contribution in [0.2, 0.25) is 0 Å². The number of benzene rings is 1. The molecule has 3 rings (SSSR count). The summed E-state index contributed by atoms with van der Waals surface area (Å²) in [6.45, 7) is 3.77. The fourth-order valence-electron chi connectivity index (χ4n) is 3.21. The van der Waals surface area contributed by atoms with Gasteiger partial charge in [-0.05, 0) is 42.0 Å². The van der Waals surface area contributed by atoms with Gasteiger partial charge in [0.05, 0.1) is 20.8 Å². The van der Waals surface area contributed by atoms with E-state index in [4.69, 9.17) is 9.47 Å². The molecule has 1 saturated heterocycles. The van der Waals surface area contributed by atoms with E-state index in [0.717, 1.165) is 30.0 Å². The van der Waals surface area contributed by atoms with Gasteiger partial charge in [-0.2, -0.15) is 0 Å². The summed E-state index contributed by atoms with van der Waals surface area (Å²) in [5.41, 5.74) is 1.09. The number of hydrogen-bond acceptors (Lipinski definition) is 6. The molecule has 8 heteroatoms. The van der Waals surface area contributed by atoms with Gasteiger partial charge in [0.25, 0.3) is 0 Å². The van der Waals surface area contributed by atoms with Crippen LogP contribution < -0.4 is 9.47 Å². The molecule has 0 radical (unpaired) electrons. The van der Waals surface area contributed by atoms with E-state index in [9.17, 15) is 4.79 Å². The normalized spacial score (nSPS) is 16.9. The van der Waals surface area contributed by atoms with E-state index in [0.29, 0.717) is 25.3 Å². The molecule has 8 nitrogen and oxygen atoms in total. The van der Waals surface area contributed by atoms with Crippen LogP contribution in [0.1, 0.15) is 30.1 Å². The lowest BCUT2D eigenvalue weighted by Gasteiger charge is -2.18. The molecule has 1 amide bonds. The summed E-state index contributed by atoms with van der Waals surface area (Å²) in [6, 6.07) is 5.80. The Balaban J connectivity index is 1.63. The van der Waals surface area contributed by atoms with Crippen molar-refractivity contribution in [1.82, 2.24) is 25.1 Å². The van der Waals surface area contributed by atoms with Gasteiger partial charge in [0.2, 0.25) is 5.91 Å². The van der Waals surface area contributed by atoms with E-state index in [2.05, 4.69) is 15.5 Å². The van der Waals surface area contributed by atoms with Crippen LogP contribution in [0, 0.1) is 6.92 Å². The van der Waals surface area contributed by atoms with Crippen LogP contribution in [0.5, 0.6) is 11.5 Å². The second kappa shape index (κ2) is 7.50. The molecule has 0 saturated carbocycles. The Morgan fingerprint density at radius 2 is 2.16 bits per heavy atom. The molecule has 1 fully saturated rings. The Labute approximate surface area is 146 Å². The van der Waals surface area contributed by atoms with Gasteiger partial charge < -0.3 is 14.4 Å². The first-order chi connectivity index (χ1) is 12.1. The molecule has 25 heavy (non-hydrogen) atoms. The molecule has 2 aromatic rings. The van der Waals surface area contributed by atoms with Crippen LogP contribution in [0.4, 0.5) is 0 Å². The number of aryl methyl sites for hydroxylation is 2. The predicted molar refractivity (Wildman–Crippen MR) is 90.7 cm³/mol. The number of hydrogen-bond donors (Lipinski definition) is 0. The van der Waals surface area contributed by atoms with Gasteiger partial charge in [-0.1, -0.05) is 0 Å². The molecule has 0 aliphatic carbocycles. The summed E-state index contributed by atoms with van der Waals surface area (Å²) in [5.74, 6) is 2.73. The fraction of sp³-hybridized carbons (Fsp3) is 0.529. The zero-order valence-corrected chi connectivity index (χ0v) is 14.8. The second-order valence-corrected chi connectivity index (χ2v) is 6.13. The van der Waals surface area contributed by atoms with E-state index >= 15 is 0 Å². The lowest BCUT2D eigenvalue weighted by Crippen LogP contribution is -2.29. The van der Waals surface area contributed by atoms with Crippen molar-refractivity contribution in [2.75, 3.05) is 27.3 Å². The standard InChI is InChI=1S/C17H23N5O3/c1-12-18-19-20-22(12)9-7-17(23)21-8-6-13(11-21)15-10-14(24-2)4-5-16(15)25-3/h4-5,10,13H,6-9,11H2,1-3H3. The topological polar surface area (TPSA) is 82.4 Å². The van der Waals surface area contributed by atoms with Crippen LogP contribution in [0.25, 0.3) is 0 Å². The van der Waals surface area contributed by atoms with Crippen molar-refractivity contribution in [3.8, 4) is 11.5 Å². The molecule has 1 atom stereocenters. The molecule has 0 bridgehead atoms. The summed E-state index contributed by atoms with van der Waals surface area (Å²) in [5, 5.41) is 11.3. The molecule has 1 aliphatic heterocycles. The number of amides is 1. The minimum atomic E-state index is 0.124. The minimum Gasteiger partial charge on any atom is -0.497 e. The molecule has 0 spiro atoms. The Morgan fingerprint density at radius 1 is 1.32 bits per heavy atom. The van der Waals surface area contributed by atoms with Crippen LogP contribution in [0.3, 0.4) is 0 Å². The Bertz CT molecular complexity index is 746. The fourth-order valence-corrected chi connectivity index (χ4v) is 3.21. The van der Waals surface area contributed by atoms with Crippen molar-refractivity contribution in [2.45, 2.75) is 32.2 Å². The van der Waals surface area contributed by atoms with Crippen LogP contribution in [-0.2, 0) is 11.3 Å². The number of nitrogens with zero attached hydrogens (tertiary/aromatic N) is 5. The zero-order valence-electron chi connectivity index (χ0n) is 14.8. The average Bonchev–Trinajstić information content (AvgIpc) is 3.28. The quantitative estimate of drug-likeness (QED) is 0.787. The van der Waals surface area contributed by atoms with Crippen LogP contribution >= 0.6 is 0 Å². The summed E-state index contributed by atoms with van der Waals surface area (Å²) < 4.78 is 12.4. The molecular formula is C17H23N5O3. The number of likely N-dealkylation sites (tertiary alicyclic amines) is 1. The highest BCUT2D eigenvalue weighted by atomic mass is 16.5. The van der Waals surface area contributed by atoms with Crippen molar-refractivity contribution in [3.05, 3.63) is 29.6 Å². The Morgan fingerprint density at radius 3 is 2.84 bits per heavy atom. The van der Waals surface area contributed by atoms with Crippen LogP contribution in [0.15, 0.2) is 18.2 Å². The third-order valence-corrected chi connectivity index (χ3v) is 4.67. The highest BCUT2D eigenvalue weighted by Gasteiger charge is 2.29. The van der Waals surface area contributed by atoms with Gasteiger partial charge in [0, 0.05) is 31.0 Å². The Hall–Kier alpha value is -2.64. The van der Waals surface area contributed by atoms with Gasteiger partial charge in [-0.3, -0.25) is 4.79 Å². The van der Waals surface area contributed by atoms with Gasteiger partial charge in [-0.15, -0.1) is 5.10 Å². The monoisotopic (exact) mass is 345 g/mol. The zero-order chi connectivity index (χ0) is 17.8. The summed E-state index contributed by atoms with van der Waals surface area (Å²) in [6.07, 6.45) is 1.31. The minimum absolute atomic E-state index is 0.124. The van der Waals surface area contributed by atoms with Crippen molar-refractivity contribution in [3.63, 3.8) is 0 Å². The number of carbonyl (C=O) groups excluding carboxylic acids is 1. The lowest BCUT2D eigenvalue weighted by atomic mass is 9.97. The smallest absolute Gasteiger partial charge is 0.224 e. The van der Waals surface area contributed by atoms with E-state index in [1.165, 1.54) is 0 Å². The van der Waals surface area contributed by atoms with Gasteiger partial charge in [0.15, 0.2) is 0 Å². The summed E-state index contributed by atoms with van der Waals surface area (Å²) in [7, 11) is 3.31. The lowest BCUT2D eigenvalue weighted by molar-refractivity contribution is -0.130. The molecule has 0 N–H and O–H groups in total. The number of carbonyl (C=O) groups is 1. The number of rotatable bonds is 6. The maximum absolute atomic E-state index is 12.5. The molecule has 1 unspecified atom stereocenters. The maximum atomic E-state index is 12.5. The van der Waals surface area contributed by atoms with Gasteiger partial charge in [0.1, 0.15) is 17.3 Å². The summed E-state index contributed by atoms with van der Waals surface area (Å²) in [4.78, 5) is 14.4. The van der Waals surface area contributed by atoms with Crippen molar-refractivity contribution in [1.29, 1.82) is 0 Å². The molecular weight excluding hydrogens is 322 g/mol. The van der Waals surface area contributed by atoms with E-state index in [1.54, 1.807) is 18.9 Å². The molecule has 134 valence electrons. The highest BCUT2D eigenvalue weighted by molar-refractivity contribution is 5.76. The largest absolute Gasteiger partial charge is 0.497 e. The molecule has 1 aromatic carbocycles. The number of tetrazole rings is 1. The van der Waals surface area contributed by atoms with E-state index in [-0.39, 0.29) is 11.8 Å². The molecule has 1 aliphatic rings. The number of aromatic nitrogens is 4. The van der Waals surface area contributed by atoms with Crippen molar-refractivity contribution in [2.24, 2.45) is 0 Å². The first-order valence-corrected chi connectivity index (χ1v) is 8.35. The number of ether oxygens (including phenoxy) is 2. The van der Waals surface area contributed by atoms with Gasteiger partial charge in [-0.25, -0.2) is 4.68 Å². The number of methoxy groups -OCH3 is 2. The van der Waals surface area contributed by atoms with E-state index in [1.807, 2.05) is 30.0 Å². The third kappa shape index (κ3) is 3.72.